The zero-order valence-corrected chi connectivity index (χ0v) is 8.87. The molecule has 0 bridgehead atoms. The highest BCUT2D eigenvalue weighted by molar-refractivity contribution is 5.61. The van der Waals surface area contributed by atoms with Crippen LogP contribution in [-0.4, -0.2) is 30.9 Å². The highest BCUT2D eigenvalue weighted by Gasteiger charge is 2.20. The molecule has 0 saturated heterocycles. The molecule has 80 valence electrons. The van der Waals surface area contributed by atoms with Crippen molar-refractivity contribution in [3.05, 3.63) is 12.2 Å². The van der Waals surface area contributed by atoms with Crippen LogP contribution in [0.2, 0.25) is 0 Å². The first-order chi connectivity index (χ1) is 6.47. The Hall–Kier alpha value is -1.03. The van der Waals surface area contributed by atoms with Gasteiger partial charge in [0.25, 0.3) is 0 Å². The van der Waals surface area contributed by atoms with Crippen molar-refractivity contribution in [1.82, 2.24) is 5.32 Å². The number of nitrogens with one attached hydrogen (secondary N) is 1. The molecule has 14 heavy (non-hydrogen) atoms. The Labute approximate surface area is 84.3 Å². The van der Waals surface area contributed by atoms with Gasteiger partial charge in [0.1, 0.15) is 11.7 Å². The molecule has 0 aliphatic carbocycles. The van der Waals surface area contributed by atoms with Crippen LogP contribution in [0.1, 0.15) is 20.8 Å². The second-order valence-electron chi connectivity index (χ2n) is 4.21. The summed E-state index contributed by atoms with van der Waals surface area (Å²) in [6, 6.07) is 0. The van der Waals surface area contributed by atoms with Gasteiger partial charge in [0.2, 0.25) is 0 Å². The third-order valence-corrected chi connectivity index (χ3v) is 1.60. The SMILES string of the molecule is CC(C)(C)OC(=O)OC1C=CCNC1. The van der Waals surface area contributed by atoms with E-state index in [-0.39, 0.29) is 6.10 Å². The standard InChI is InChI=1S/C10H17NO3/c1-10(2,3)14-9(12)13-8-5-4-6-11-7-8/h4-5,8,11H,6-7H2,1-3H3. The lowest BCUT2D eigenvalue weighted by molar-refractivity contribution is -0.0185. The molecule has 1 heterocycles. The van der Waals surface area contributed by atoms with Crippen molar-refractivity contribution in [3.63, 3.8) is 0 Å². The molecule has 4 nitrogen and oxygen atoms in total. The van der Waals surface area contributed by atoms with E-state index >= 15 is 0 Å². The minimum absolute atomic E-state index is 0.210. The van der Waals surface area contributed by atoms with Crippen molar-refractivity contribution in [2.45, 2.75) is 32.5 Å². The molecule has 1 rings (SSSR count). The number of hydrogen-bond acceptors (Lipinski definition) is 4. The first-order valence-electron chi connectivity index (χ1n) is 4.74. The zero-order chi connectivity index (χ0) is 10.6. The minimum Gasteiger partial charge on any atom is -0.429 e. The van der Waals surface area contributed by atoms with Crippen LogP contribution in [0.4, 0.5) is 4.79 Å². The van der Waals surface area contributed by atoms with Gasteiger partial charge in [-0.2, -0.15) is 0 Å². The molecule has 0 spiro atoms. The van der Waals surface area contributed by atoms with Gasteiger partial charge in [-0.3, -0.25) is 0 Å². The lowest BCUT2D eigenvalue weighted by Crippen LogP contribution is -2.35. The third-order valence-electron chi connectivity index (χ3n) is 1.60. The van der Waals surface area contributed by atoms with Gasteiger partial charge >= 0.3 is 6.16 Å². The maximum absolute atomic E-state index is 11.2. The number of carbonyl (C=O) groups is 1. The first kappa shape index (κ1) is 11.0. The minimum atomic E-state index is -0.615. The van der Waals surface area contributed by atoms with E-state index in [0.717, 1.165) is 6.54 Å². The fourth-order valence-corrected chi connectivity index (χ4v) is 1.08. The molecule has 0 amide bonds. The van der Waals surface area contributed by atoms with Gasteiger partial charge in [0.15, 0.2) is 0 Å². The summed E-state index contributed by atoms with van der Waals surface area (Å²) in [5.41, 5.74) is -0.497. The van der Waals surface area contributed by atoms with Gasteiger partial charge < -0.3 is 14.8 Å². The van der Waals surface area contributed by atoms with E-state index in [1.54, 1.807) is 0 Å². The number of rotatable bonds is 1. The summed E-state index contributed by atoms with van der Waals surface area (Å²) in [5, 5.41) is 3.08. The van der Waals surface area contributed by atoms with Crippen LogP contribution in [0.15, 0.2) is 12.2 Å². The van der Waals surface area contributed by atoms with Gasteiger partial charge in [-0.1, -0.05) is 6.08 Å². The maximum Gasteiger partial charge on any atom is 0.509 e. The molecule has 0 radical (unpaired) electrons. The molecule has 1 atom stereocenters. The predicted octanol–water partition coefficient (Wildman–Crippen LogP) is 1.47. The van der Waals surface area contributed by atoms with Crippen molar-refractivity contribution < 1.29 is 14.3 Å². The molecule has 0 aromatic carbocycles. The molecule has 1 aliphatic heterocycles. The number of ether oxygens (including phenoxy) is 2. The van der Waals surface area contributed by atoms with Crippen LogP contribution in [-0.2, 0) is 9.47 Å². The molecule has 1 aliphatic rings. The Morgan fingerprint density at radius 3 is 2.71 bits per heavy atom. The predicted molar refractivity (Wildman–Crippen MR) is 53.1 cm³/mol. The van der Waals surface area contributed by atoms with Gasteiger partial charge in [0, 0.05) is 13.1 Å². The monoisotopic (exact) mass is 199 g/mol. The van der Waals surface area contributed by atoms with E-state index in [0.29, 0.717) is 6.54 Å². The molecule has 0 aromatic heterocycles. The second-order valence-corrected chi connectivity index (χ2v) is 4.21. The lowest BCUT2D eigenvalue weighted by atomic mass is 10.2. The smallest absolute Gasteiger partial charge is 0.429 e. The summed E-state index contributed by atoms with van der Waals surface area (Å²) >= 11 is 0. The Kier molecular flexibility index (Phi) is 3.52. The lowest BCUT2D eigenvalue weighted by Gasteiger charge is -2.22. The highest BCUT2D eigenvalue weighted by atomic mass is 16.7. The fourth-order valence-electron chi connectivity index (χ4n) is 1.08. The van der Waals surface area contributed by atoms with E-state index in [1.807, 2.05) is 32.9 Å². The molecular formula is C10H17NO3. The van der Waals surface area contributed by atoms with Gasteiger partial charge in [-0.15, -0.1) is 0 Å². The second kappa shape index (κ2) is 4.46. The highest BCUT2D eigenvalue weighted by Crippen LogP contribution is 2.09. The van der Waals surface area contributed by atoms with Crippen molar-refractivity contribution >= 4 is 6.16 Å². The quantitative estimate of drug-likeness (QED) is 0.513. The molecule has 0 fully saturated rings. The molecule has 0 aromatic rings. The zero-order valence-electron chi connectivity index (χ0n) is 8.87. The number of hydrogen-bond donors (Lipinski definition) is 1. The Morgan fingerprint density at radius 2 is 2.21 bits per heavy atom. The van der Waals surface area contributed by atoms with E-state index < -0.39 is 11.8 Å². The first-order valence-corrected chi connectivity index (χ1v) is 4.74. The molecular weight excluding hydrogens is 182 g/mol. The summed E-state index contributed by atoms with van der Waals surface area (Å²) in [6.07, 6.45) is 2.97. The van der Waals surface area contributed by atoms with E-state index in [9.17, 15) is 4.79 Å². The van der Waals surface area contributed by atoms with Crippen LogP contribution in [0.3, 0.4) is 0 Å². The van der Waals surface area contributed by atoms with E-state index in [4.69, 9.17) is 9.47 Å². The summed E-state index contributed by atoms with van der Waals surface area (Å²) in [5.74, 6) is 0. The van der Waals surface area contributed by atoms with Gasteiger partial charge in [-0.05, 0) is 26.8 Å². The summed E-state index contributed by atoms with van der Waals surface area (Å²) in [4.78, 5) is 11.2. The third kappa shape index (κ3) is 4.28. The van der Waals surface area contributed by atoms with Crippen molar-refractivity contribution in [2.75, 3.05) is 13.1 Å². The van der Waals surface area contributed by atoms with Crippen LogP contribution < -0.4 is 5.32 Å². The largest absolute Gasteiger partial charge is 0.509 e. The van der Waals surface area contributed by atoms with E-state index in [2.05, 4.69) is 5.32 Å². The fraction of sp³-hybridized carbons (Fsp3) is 0.700. The van der Waals surface area contributed by atoms with Crippen molar-refractivity contribution in [3.8, 4) is 0 Å². The van der Waals surface area contributed by atoms with Crippen molar-refractivity contribution in [1.29, 1.82) is 0 Å². The Balaban J connectivity index is 2.33. The van der Waals surface area contributed by atoms with Crippen molar-refractivity contribution in [2.24, 2.45) is 0 Å². The van der Waals surface area contributed by atoms with Crippen LogP contribution in [0.25, 0.3) is 0 Å². The van der Waals surface area contributed by atoms with E-state index in [1.165, 1.54) is 0 Å². The average Bonchev–Trinajstić information content (AvgIpc) is 2.02. The molecule has 1 unspecified atom stereocenters. The van der Waals surface area contributed by atoms with Crippen LogP contribution in [0, 0.1) is 0 Å². The molecule has 4 heteroatoms. The average molecular weight is 199 g/mol. The van der Waals surface area contributed by atoms with Crippen LogP contribution in [0.5, 0.6) is 0 Å². The Bertz CT molecular complexity index is 230. The number of carbonyl (C=O) groups excluding carboxylic acids is 1. The van der Waals surface area contributed by atoms with Gasteiger partial charge in [0.05, 0.1) is 0 Å². The van der Waals surface area contributed by atoms with Gasteiger partial charge in [-0.25, -0.2) is 4.79 Å². The Morgan fingerprint density at radius 1 is 1.50 bits per heavy atom. The summed E-state index contributed by atoms with van der Waals surface area (Å²) in [7, 11) is 0. The summed E-state index contributed by atoms with van der Waals surface area (Å²) in [6.45, 7) is 6.90. The molecule has 0 saturated carbocycles. The van der Waals surface area contributed by atoms with Crippen LogP contribution >= 0.6 is 0 Å². The normalized spacial score (nSPS) is 21.8. The summed E-state index contributed by atoms with van der Waals surface area (Å²) < 4.78 is 10.1. The maximum atomic E-state index is 11.2. The molecule has 1 N–H and O–H groups in total. The topological polar surface area (TPSA) is 47.6 Å².